The fourth-order valence-corrected chi connectivity index (χ4v) is 3.48. The monoisotopic (exact) mass is 393 g/mol. The van der Waals surface area contributed by atoms with Crippen molar-refractivity contribution in [1.29, 1.82) is 0 Å². The molecule has 2 atom stereocenters. The predicted octanol–water partition coefficient (Wildman–Crippen LogP) is 5.38. The molecule has 0 aromatic carbocycles. The Hall–Kier alpha value is -1.20. The van der Waals surface area contributed by atoms with Crippen LogP contribution >= 0.6 is 0 Å². The number of hydrogen-bond donors (Lipinski definition) is 2. The average molecular weight is 394 g/mol. The van der Waals surface area contributed by atoms with Crippen LogP contribution < -0.4 is 0 Å². The van der Waals surface area contributed by atoms with Crippen LogP contribution in [0.4, 0.5) is 0 Å². The van der Waals surface area contributed by atoms with Crippen molar-refractivity contribution in [3.63, 3.8) is 0 Å². The Morgan fingerprint density at radius 2 is 1.54 bits per heavy atom. The van der Waals surface area contributed by atoms with E-state index in [1.807, 2.05) is 12.3 Å². The second-order valence-electron chi connectivity index (χ2n) is 7.93. The second kappa shape index (κ2) is 16.7. The molecule has 2 N–H and O–H groups in total. The van der Waals surface area contributed by atoms with E-state index in [2.05, 4.69) is 24.2 Å². The highest BCUT2D eigenvalue weighted by atomic mass is 16.3. The largest absolute Gasteiger partial charge is 0.394 e. The smallest absolute Gasteiger partial charge is 0.106 e. The van der Waals surface area contributed by atoms with Crippen LogP contribution in [0, 0.1) is 0 Å². The van der Waals surface area contributed by atoms with Crippen LogP contribution in [-0.2, 0) is 6.42 Å². The van der Waals surface area contributed by atoms with E-state index in [1.54, 1.807) is 10.8 Å². The van der Waals surface area contributed by atoms with E-state index < -0.39 is 12.1 Å². The Balaban J connectivity index is 2.10. The minimum absolute atomic E-state index is 0.154. The van der Waals surface area contributed by atoms with Gasteiger partial charge in [-0.15, -0.1) is 5.10 Å². The molecular formula is C23H43N3O2. The summed E-state index contributed by atoms with van der Waals surface area (Å²) in [6, 6.07) is -0.466. The lowest BCUT2D eigenvalue weighted by Gasteiger charge is -2.17. The summed E-state index contributed by atoms with van der Waals surface area (Å²) in [7, 11) is 0. The lowest BCUT2D eigenvalue weighted by Crippen LogP contribution is -2.26. The molecule has 0 unspecified atom stereocenters. The zero-order valence-electron chi connectivity index (χ0n) is 18.2. The van der Waals surface area contributed by atoms with E-state index >= 15 is 0 Å². The highest BCUT2D eigenvalue weighted by Gasteiger charge is 2.19. The summed E-state index contributed by atoms with van der Waals surface area (Å²) >= 11 is 0. The molecule has 28 heavy (non-hydrogen) atoms. The van der Waals surface area contributed by atoms with Crippen LogP contribution in [-0.4, -0.2) is 37.9 Å². The van der Waals surface area contributed by atoms with Crippen molar-refractivity contribution < 1.29 is 10.2 Å². The van der Waals surface area contributed by atoms with Crippen LogP contribution in [0.3, 0.4) is 0 Å². The molecule has 0 bridgehead atoms. The highest BCUT2D eigenvalue weighted by molar-refractivity contribution is 4.98. The molecule has 1 rings (SSSR count). The molecule has 1 aromatic heterocycles. The maximum atomic E-state index is 10.3. The van der Waals surface area contributed by atoms with Crippen molar-refractivity contribution in [3.05, 3.63) is 24.0 Å². The fraction of sp³-hybridized carbons (Fsp3) is 0.826. The topological polar surface area (TPSA) is 71.2 Å². The van der Waals surface area contributed by atoms with Crippen LogP contribution in [0.5, 0.6) is 0 Å². The Morgan fingerprint density at radius 3 is 2.11 bits per heavy atom. The van der Waals surface area contributed by atoms with Crippen molar-refractivity contribution in [2.45, 2.75) is 116 Å². The van der Waals surface area contributed by atoms with Crippen molar-refractivity contribution >= 4 is 0 Å². The van der Waals surface area contributed by atoms with E-state index in [1.165, 1.54) is 64.2 Å². The third kappa shape index (κ3) is 11.0. The minimum atomic E-state index is -0.742. The number of aryl methyl sites for hydroxylation is 1. The van der Waals surface area contributed by atoms with Crippen LogP contribution in [0.1, 0.15) is 109 Å². The predicted molar refractivity (Wildman–Crippen MR) is 116 cm³/mol. The lowest BCUT2D eigenvalue weighted by atomic mass is 10.0. The van der Waals surface area contributed by atoms with Gasteiger partial charge in [0.25, 0.3) is 0 Å². The third-order valence-electron chi connectivity index (χ3n) is 5.29. The minimum Gasteiger partial charge on any atom is -0.394 e. The molecule has 5 heteroatoms. The van der Waals surface area contributed by atoms with E-state index in [0.717, 1.165) is 31.4 Å². The number of nitrogens with zero attached hydrogens (tertiary/aromatic N) is 3. The first-order chi connectivity index (χ1) is 13.7. The third-order valence-corrected chi connectivity index (χ3v) is 5.29. The Bertz CT molecular complexity index is 502. The Labute approximate surface area is 172 Å². The maximum Gasteiger partial charge on any atom is 0.106 e. The number of aliphatic hydroxyl groups excluding tert-OH is 2. The van der Waals surface area contributed by atoms with Gasteiger partial charge in [0.05, 0.1) is 18.4 Å². The van der Waals surface area contributed by atoms with Gasteiger partial charge >= 0.3 is 0 Å². The maximum absolute atomic E-state index is 10.3. The van der Waals surface area contributed by atoms with E-state index in [9.17, 15) is 10.2 Å². The van der Waals surface area contributed by atoms with Crippen molar-refractivity contribution in [2.24, 2.45) is 0 Å². The quantitative estimate of drug-likeness (QED) is 0.259. The standard InChI is InChI=1S/C23H43N3O2/c1-3-5-6-7-8-9-10-11-12-13-14-15-16-18-23(28)22(20-27)26-19-21(17-4-2)24-25-26/h16,18-19,22-23,27-28H,3-15,17,20H2,1-2H3/b18-16+/t22-,23+/m0/s1. The number of allylic oxidation sites excluding steroid dienone is 1. The second-order valence-corrected chi connectivity index (χ2v) is 7.93. The summed E-state index contributed by atoms with van der Waals surface area (Å²) in [5, 5.41) is 28.1. The number of unbranched alkanes of at least 4 members (excludes halogenated alkanes) is 11. The molecule has 0 saturated heterocycles. The summed E-state index contributed by atoms with van der Waals surface area (Å²) < 4.78 is 1.59. The van der Waals surface area contributed by atoms with Crippen molar-refractivity contribution in [2.75, 3.05) is 6.61 Å². The first-order valence-corrected chi connectivity index (χ1v) is 11.6. The molecule has 0 amide bonds. The summed E-state index contributed by atoms with van der Waals surface area (Å²) in [6.07, 6.45) is 22.5. The normalized spacial score (nSPS) is 14.0. The molecule has 1 aromatic rings. The lowest BCUT2D eigenvalue weighted by molar-refractivity contribution is 0.0974. The van der Waals surface area contributed by atoms with Gasteiger partial charge in [-0.25, -0.2) is 4.68 Å². The molecule has 0 aliphatic heterocycles. The zero-order chi connectivity index (χ0) is 20.5. The first kappa shape index (κ1) is 24.8. The van der Waals surface area contributed by atoms with Crippen LogP contribution in [0.25, 0.3) is 0 Å². The molecule has 0 aliphatic carbocycles. The van der Waals surface area contributed by atoms with Crippen LogP contribution in [0.2, 0.25) is 0 Å². The van der Waals surface area contributed by atoms with Gasteiger partial charge in [0.2, 0.25) is 0 Å². The van der Waals surface area contributed by atoms with E-state index in [-0.39, 0.29) is 6.61 Å². The van der Waals surface area contributed by atoms with Crippen molar-refractivity contribution in [3.8, 4) is 0 Å². The van der Waals surface area contributed by atoms with Gasteiger partial charge in [-0.05, 0) is 19.3 Å². The number of aromatic nitrogens is 3. The number of rotatable bonds is 18. The molecule has 0 aliphatic rings. The molecular weight excluding hydrogens is 350 g/mol. The van der Waals surface area contributed by atoms with Gasteiger partial charge in [0, 0.05) is 6.20 Å². The SMILES string of the molecule is CCCCCCCCCCCCC/C=C/[C@@H](O)[C@H](CO)n1cc(CCC)nn1. The van der Waals surface area contributed by atoms with E-state index in [4.69, 9.17) is 0 Å². The number of hydrogen-bond acceptors (Lipinski definition) is 4. The van der Waals surface area contributed by atoms with Gasteiger partial charge < -0.3 is 10.2 Å². The summed E-state index contributed by atoms with van der Waals surface area (Å²) in [6.45, 7) is 4.20. The molecule has 1 heterocycles. The van der Waals surface area contributed by atoms with Gasteiger partial charge in [-0.2, -0.15) is 0 Å². The fourth-order valence-electron chi connectivity index (χ4n) is 3.48. The molecule has 5 nitrogen and oxygen atoms in total. The van der Waals surface area contributed by atoms with Crippen molar-refractivity contribution in [1.82, 2.24) is 15.0 Å². The van der Waals surface area contributed by atoms with Gasteiger partial charge in [0.15, 0.2) is 0 Å². The van der Waals surface area contributed by atoms with Gasteiger partial charge in [0.1, 0.15) is 6.04 Å². The number of aliphatic hydroxyl groups is 2. The molecule has 0 radical (unpaired) electrons. The first-order valence-electron chi connectivity index (χ1n) is 11.6. The average Bonchev–Trinajstić information content (AvgIpc) is 3.14. The Kier molecular flexibility index (Phi) is 14.8. The molecule has 0 spiro atoms. The highest BCUT2D eigenvalue weighted by Crippen LogP contribution is 2.14. The summed E-state index contributed by atoms with van der Waals surface area (Å²) in [5.74, 6) is 0. The Morgan fingerprint density at radius 1 is 0.929 bits per heavy atom. The van der Waals surface area contributed by atoms with Crippen LogP contribution in [0.15, 0.2) is 18.3 Å². The molecule has 162 valence electrons. The van der Waals surface area contributed by atoms with E-state index in [0.29, 0.717) is 0 Å². The summed E-state index contributed by atoms with van der Waals surface area (Å²) in [4.78, 5) is 0. The summed E-state index contributed by atoms with van der Waals surface area (Å²) in [5.41, 5.74) is 0.901. The molecule has 0 fully saturated rings. The van der Waals surface area contributed by atoms with Gasteiger partial charge in [-0.1, -0.05) is 102 Å². The zero-order valence-corrected chi connectivity index (χ0v) is 18.2. The van der Waals surface area contributed by atoms with Gasteiger partial charge in [-0.3, -0.25) is 0 Å². The molecule has 0 saturated carbocycles.